The topological polar surface area (TPSA) is 62.9 Å². The average molecular weight is 207 g/mol. The molecule has 0 saturated heterocycles. The van der Waals surface area contributed by atoms with Crippen LogP contribution >= 0.6 is 0 Å². The maximum atomic E-state index is 5.71. The Morgan fingerprint density at radius 3 is 1.64 bits per heavy atom. The van der Waals surface area contributed by atoms with Crippen LogP contribution in [-0.2, 0) is 18.9 Å². The molecule has 0 aromatic rings. The lowest BCUT2D eigenvalue weighted by Crippen LogP contribution is -2.32. The van der Waals surface area contributed by atoms with E-state index in [4.69, 9.17) is 24.7 Å². The molecule has 0 unspecified atom stereocenters. The summed E-state index contributed by atoms with van der Waals surface area (Å²) in [6.07, 6.45) is 0. The van der Waals surface area contributed by atoms with Gasteiger partial charge in [-0.2, -0.15) is 0 Å². The van der Waals surface area contributed by atoms with Crippen molar-refractivity contribution >= 4 is 0 Å². The van der Waals surface area contributed by atoms with Crippen LogP contribution in [0.1, 0.15) is 0 Å². The molecular weight excluding hydrogens is 186 g/mol. The minimum absolute atomic E-state index is 0.0799. The Labute approximate surface area is 85.5 Å². The van der Waals surface area contributed by atoms with Gasteiger partial charge in [0.1, 0.15) is 0 Å². The molecule has 0 aromatic heterocycles. The largest absolute Gasteiger partial charge is 0.382 e. The molecule has 14 heavy (non-hydrogen) atoms. The smallest absolute Gasteiger partial charge is 0.0701 e. The van der Waals surface area contributed by atoms with Gasteiger partial charge in [-0.3, -0.25) is 0 Å². The lowest BCUT2D eigenvalue weighted by Gasteiger charge is -2.12. The molecule has 0 bridgehead atoms. The van der Waals surface area contributed by atoms with E-state index >= 15 is 0 Å². The summed E-state index contributed by atoms with van der Waals surface area (Å²) in [4.78, 5) is 0. The molecule has 2 N–H and O–H groups in total. The van der Waals surface area contributed by atoms with Crippen molar-refractivity contribution in [1.29, 1.82) is 0 Å². The molecule has 0 aliphatic carbocycles. The molecule has 0 spiro atoms. The van der Waals surface area contributed by atoms with Crippen molar-refractivity contribution in [2.45, 2.75) is 6.04 Å². The second-order valence-electron chi connectivity index (χ2n) is 2.90. The minimum atomic E-state index is -0.0799. The van der Waals surface area contributed by atoms with E-state index in [2.05, 4.69) is 0 Å². The predicted octanol–water partition coefficient (Wildman–Crippen LogP) is -0.360. The van der Waals surface area contributed by atoms with Crippen LogP contribution in [0.25, 0.3) is 0 Å². The zero-order valence-corrected chi connectivity index (χ0v) is 9.03. The molecule has 0 radical (unpaired) electrons. The first kappa shape index (κ1) is 13.8. The Bertz CT molecular complexity index is 101. The van der Waals surface area contributed by atoms with E-state index in [9.17, 15) is 0 Å². The van der Waals surface area contributed by atoms with Crippen molar-refractivity contribution in [3.63, 3.8) is 0 Å². The number of ether oxygens (including phenoxy) is 4. The zero-order chi connectivity index (χ0) is 10.6. The van der Waals surface area contributed by atoms with Crippen LogP contribution in [0.2, 0.25) is 0 Å². The first-order chi connectivity index (χ1) is 6.81. The molecule has 0 fully saturated rings. The number of nitrogens with two attached hydrogens (primary N) is 1. The zero-order valence-electron chi connectivity index (χ0n) is 9.03. The van der Waals surface area contributed by atoms with E-state index in [-0.39, 0.29) is 6.04 Å². The van der Waals surface area contributed by atoms with Crippen molar-refractivity contribution in [3.05, 3.63) is 0 Å². The SMILES string of the molecule is COCCOCC(N)COCCOC. The maximum absolute atomic E-state index is 5.71. The van der Waals surface area contributed by atoms with Gasteiger partial charge < -0.3 is 24.7 Å². The monoisotopic (exact) mass is 207 g/mol. The van der Waals surface area contributed by atoms with E-state index < -0.39 is 0 Å². The Hall–Kier alpha value is -0.200. The van der Waals surface area contributed by atoms with Crippen LogP contribution in [0.3, 0.4) is 0 Å². The van der Waals surface area contributed by atoms with E-state index in [0.29, 0.717) is 39.6 Å². The Morgan fingerprint density at radius 1 is 0.857 bits per heavy atom. The molecule has 5 heteroatoms. The van der Waals surface area contributed by atoms with Gasteiger partial charge in [-0.05, 0) is 0 Å². The second-order valence-corrected chi connectivity index (χ2v) is 2.90. The van der Waals surface area contributed by atoms with Gasteiger partial charge >= 0.3 is 0 Å². The Morgan fingerprint density at radius 2 is 1.29 bits per heavy atom. The molecule has 5 nitrogen and oxygen atoms in total. The van der Waals surface area contributed by atoms with Crippen LogP contribution in [0.5, 0.6) is 0 Å². The summed E-state index contributed by atoms with van der Waals surface area (Å²) in [6.45, 7) is 3.33. The second kappa shape index (κ2) is 10.9. The fourth-order valence-corrected chi connectivity index (χ4v) is 0.802. The van der Waals surface area contributed by atoms with Gasteiger partial charge in [0.05, 0.1) is 45.7 Å². The summed E-state index contributed by atoms with van der Waals surface area (Å²) in [5, 5.41) is 0. The van der Waals surface area contributed by atoms with Crippen LogP contribution < -0.4 is 5.73 Å². The Balaban J connectivity index is 3.07. The molecule has 0 aliphatic rings. The van der Waals surface area contributed by atoms with Crippen molar-refractivity contribution < 1.29 is 18.9 Å². The third kappa shape index (κ3) is 9.88. The van der Waals surface area contributed by atoms with E-state index in [0.717, 1.165) is 0 Å². The summed E-state index contributed by atoms with van der Waals surface area (Å²) in [5.41, 5.74) is 5.71. The number of rotatable bonds is 10. The van der Waals surface area contributed by atoms with Crippen LogP contribution in [0.4, 0.5) is 0 Å². The summed E-state index contributed by atoms with van der Waals surface area (Å²) >= 11 is 0. The summed E-state index contributed by atoms with van der Waals surface area (Å²) < 4.78 is 20.1. The molecule has 0 aliphatic heterocycles. The maximum Gasteiger partial charge on any atom is 0.0701 e. The lowest BCUT2D eigenvalue weighted by atomic mass is 10.4. The van der Waals surface area contributed by atoms with Crippen LogP contribution in [0, 0.1) is 0 Å². The molecule has 86 valence electrons. The molecule has 0 rings (SSSR count). The first-order valence-corrected chi connectivity index (χ1v) is 4.70. The molecule has 0 amide bonds. The highest BCUT2D eigenvalue weighted by atomic mass is 16.5. The van der Waals surface area contributed by atoms with E-state index in [1.807, 2.05) is 0 Å². The highest BCUT2D eigenvalue weighted by Gasteiger charge is 2.02. The normalized spacial score (nSPS) is 11.1. The van der Waals surface area contributed by atoms with Gasteiger partial charge in [0.15, 0.2) is 0 Å². The minimum Gasteiger partial charge on any atom is -0.382 e. The lowest BCUT2D eigenvalue weighted by molar-refractivity contribution is 0.0278. The van der Waals surface area contributed by atoms with E-state index in [1.165, 1.54) is 0 Å². The van der Waals surface area contributed by atoms with Crippen LogP contribution in [-0.4, -0.2) is 59.9 Å². The summed E-state index contributed by atoms with van der Waals surface area (Å²) in [7, 11) is 3.27. The number of hydrogen-bond donors (Lipinski definition) is 1. The first-order valence-electron chi connectivity index (χ1n) is 4.70. The average Bonchev–Trinajstić information content (AvgIpc) is 2.19. The van der Waals surface area contributed by atoms with Gasteiger partial charge in [-0.15, -0.1) is 0 Å². The predicted molar refractivity (Wildman–Crippen MR) is 53.4 cm³/mol. The number of hydrogen-bond acceptors (Lipinski definition) is 5. The van der Waals surface area contributed by atoms with Gasteiger partial charge in [-0.25, -0.2) is 0 Å². The molecular formula is C9H21NO4. The van der Waals surface area contributed by atoms with Crippen LogP contribution in [0.15, 0.2) is 0 Å². The van der Waals surface area contributed by atoms with Gasteiger partial charge in [0, 0.05) is 14.2 Å². The van der Waals surface area contributed by atoms with Gasteiger partial charge in [0.2, 0.25) is 0 Å². The Kier molecular flexibility index (Phi) is 10.7. The summed E-state index contributed by atoms with van der Waals surface area (Å²) in [6, 6.07) is -0.0799. The van der Waals surface area contributed by atoms with E-state index in [1.54, 1.807) is 14.2 Å². The summed E-state index contributed by atoms with van der Waals surface area (Å²) in [5.74, 6) is 0. The fraction of sp³-hybridized carbons (Fsp3) is 1.00. The fourth-order valence-electron chi connectivity index (χ4n) is 0.802. The van der Waals surface area contributed by atoms with Crippen molar-refractivity contribution in [2.24, 2.45) is 5.73 Å². The third-order valence-corrected chi connectivity index (χ3v) is 1.53. The molecule has 0 heterocycles. The highest BCUT2D eigenvalue weighted by Crippen LogP contribution is 1.85. The van der Waals surface area contributed by atoms with Crippen molar-refractivity contribution in [1.82, 2.24) is 0 Å². The highest BCUT2D eigenvalue weighted by molar-refractivity contribution is 4.57. The van der Waals surface area contributed by atoms with Gasteiger partial charge in [-0.1, -0.05) is 0 Å². The molecule has 0 aromatic carbocycles. The molecule has 0 saturated carbocycles. The number of methoxy groups -OCH3 is 2. The standard InChI is InChI=1S/C9H21NO4/c1-11-3-5-13-7-9(10)8-14-6-4-12-2/h9H,3-8,10H2,1-2H3. The van der Waals surface area contributed by atoms with Gasteiger partial charge in [0.25, 0.3) is 0 Å². The quantitative estimate of drug-likeness (QED) is 0.496. The van der Waals surface area contributed by atoms with Crippen molar-refractivity contribution in [2.75, 3.05) is 53.9 Å². The third-order valence-electron chi connectivity index (χ3n) is 1.53. The van der Waals surface area contributed by atoms with Crippen molar-refractivity contribution in [3.8, 4) is 0 Å². The molecule has 0 atom stereocenters.